The van der Waals surface area contributed by atoms with Crippen molar-refractivity contribution in [2.45, 2.75) is 24.7 Å². The second-order valence-corrected chi connectivity index (χ2v) is 5.65. The highest BCUT2D eigenvalue weighted by Crippen LogP contribution is 2.53. The average molecular weight is 313 g/mol. The molecule has 5 nitrogen and oxygen atoms in total. The van der Waals surface area contributed by atoms with Crippen LogP contribution in [0, 0.1) is 23.2 Å². The number of aliphatic hydroxyl groups excluding tert-OH is 1. The minimum Gasteiger partial charge on any atom is -0.494 e. The van der Waals surface area contributed by atoms with Gasteiger partial charge in [-0.25, -0.2) is 4.98 Å². The maximum Gasteiger partial charge on any atom is 0.416 e. The van der Waals surface area contributed by atoms with E-state index >= 15 is 0 Å². The van der Waals surface area contributed by atoms with Gasteiger partial charge in [0.2, 0.25) is 0 Å². The van der Waals surface area contributed by atoms with Crippen molar-refractivity contribution < 1.29 is 23.0 Å². The van der Waals surface area contributed by atoms with Gasteiger partial charge in [0.15, 0.2) is 17.5 Å². The van der Waals surface area contributed by atoms with Crippen LogP contribution in [0.25, 0.3) is 0 Å². The Labute approximate surface area is 124 Å². The average Bonchev–Trinajstić information content (AvgIpc) is 3.15. The summed E-state index contributed by atoms with van der Waals surface area (Å²) in [6, 6.07) is 2.34. The van der Waals surface area contributed by atoms with Crippen LogP contribution >= 0.6 is 0 Å². The number of methoxy groups -OCH3 is 1. The standard InChI is InChI=1S/C14H14F3N3O2/c1-22-11-3-8(5-19-10(11)4-18)20-6-7-2-9(7)12(20)13(21)14(15,16)17/h3,5,7,9,12-13,21H,2,6H2,1H3/t7-,9-,12-,13+/m1/s1. The zero-order valence-electron chi connectivity index (χ0n) is 11.7. The molecule has 1 aliphatic heterocycles. The van der Waals surface area contributed by atoms with Crippen LogP contribution < -0.4 is 9.64 Å². The molecule has 2 fully saturated rings. The van der Waals surface area contributed by atoms with E-state index in [1.807, 2.05) is 6.07 Å². The van der Waals surface area contributed by atoms with Crippen molar-refractivity contribution in [3.05, 3.63) is 18.0 Å². The summed E-state index contributed by atoms with van der Waals surface area (Å²) in [5.74, 6) is 0.225. The lowest BCUT2D eigenvalue weighted by Crippen LogP contribution is -2.49. The van der Waals surface area contributed by atoms with Crippen molar-refractivity contribution >= 4 is 5.69 Å². The molecule has 0 spiro atoms. The molecule has 1 saturated carbocycles. The van der Waals surface area contributed by atoms with Gasteiger partial charge in [-0.2, -0.15) is 18.4 Å². The Bertz CT molecular complexity index is 629. The Hall–Kier alpha value is -2.01. The molecule has 8 heteroatoms. The SMILES string of the molecule is COc1cc(N2C[C@H]3C[C@H]3[C@@H]2[C@H](O)C(F)(F)F)cnc1C#N. The summed E-state index contributed by atoms with van der Waals surface area (Å²) in [6.07, 6.45) is -5.01. The van der Waals surface area contributed by atoms with Crippen LogP contribution in [0.2, 0.25) is 0 Å². The number of rotatable bonds is 3. The first kappa shape index (κ1) is 14.9. The highest BCUT2D eigenvalue weighted by Gasteiger charge is 2.60. The van der Waals surface area contributed by atoms with Crippen LogP contribution in [-0.4, -0.2) is 42.1 Å². The normalized spacial score (nSPS) is 28.0. The Morgan fingerprint density at radius 2 is 2.27 bits per heavy atom. The van der Waals surface area contributed by atoms with Crippen molar-refractivity contribution in [3.63, 3.8) is 0 Å². The highest BCUT2D eigenvalue weighted by molar-refractivity contribution is 5.55. The van der Waals surface area contributed by atoms with Gasteiger partial charge in [-0.15, -0.1) is 0 Å². The van der Waals surface area contributed by atoms with E-state index < -0.39 is 18.3 Å². The molecule has 2 heterocycles. The maximum atomic E-state index is 12.9. The van der Waals surface area contributed by atoms with Crippen LogP contribution in [0.15, 0.2) is 12.3 Å². The first-order valence-corrected chi connectivity index (χ1v) is 6.82. The Morgan fingerprint density at radius 3 is 2.86 bits per heavy atom. The topological polar surface area (TPSA) is 69.4 Å². The van der Waals surface area contributed by atoms with Gasteiger partial charge in [0.25, 0.3) is 0 Å². The van der Waals surface area contributed by atoms with Gasteiger partial charge < -0.3 is 14.7 Å². The fourth-order valence-corrected chi connectivity index (χ4v) is 3.21. The second kappa shape index (κ2) is 5.02. The smallest absolute Gasteiger partial charge is 0.416 e. The number of alkyl halides is 3. The minimum absolute atomic E-state index is 0.0727. The lowest BCUT2D eigenvalue weighted by Gasteiger charge is -2.33. The summed E-state index contributed by atoms with van der Waals surface area (Å²) in [7, 11) is 1.37. The molecule has 2 aliphatic rings. The van der Waals surface area contributed by atoms with Crippen LogP contribution in [0.5, 0.6) is 5.75 Å². The molecule has 1 aromatic rings. The van der Waals surface area contributed by atoms with E-state index in [0.717, 1.165) is 0 Å². The highest BCUT2D eigenvalue weighted by atomic mass is 19.4. The predicted molar refractivity (Wildman–Crippen MR) is 70.3 cm³/mol. The van der Waals surface area contributed by atoms with Gasteiger partial charge in [0.05, 0.1) is 25.0 Å². The Morgan fingerprint density at radius 1 is 1.55 bits per heavy atom. The molecule has 0 radical (unpaired) electrons. The molecular weight excluding hydrogens is 299 g/mol. The third-order valence-electron chi connectivity index (χ3n) is 4.36. The van der Waals surface area contributed by atoms with Crippen molar-refractivity contribution in [2.75, 3.05) is 18.6 Å². The Kier molecular flexibility index (Phi) is 3.40. The van der Waals surface area contributed by atoms with Gasteiger partial charge in [0.1, 0.15) is 6.07 Å². The fourth-order valence-electron chi connectivity index (χ4n) is 3.21. The number of nitriles is 1. The molecule has 4 atom stereocenters. The third-order valence-corrected chi connectivity index (χ3v) is 4.36. The number of halogens is 3. The predicted octanol–water partition coefficient (Wildman–Crippen LogP) is 1.71. The summed E-state index contributed by atoms with van der Waals surface area (Å²) in [5.41, 5.74) is 0.500. The van der Waals surface area contributed by atoms with E-state index in [1.165, 1.54) is 24.3 Å². The number of piperidine rings is 1. The molecule has 1 aliphatic carbocycles. The monoisotopic (exact) mass is 313 g/mol. The van der Waals surface area contributed by atoms with Gasteiger partial charge in [-0.1, -0.05) is 0 Å². The zero-order chi connectivity index (χ0) is 16.1. The molecule has 0 unspecified atom stereocenters. The molecule has 118 valence electrons. The van der Waals surface area contributed by atoms with Crippen molar-refractivity contribution in [3.8, 4) is 11.8 Å². The van der Waals surface area contributed by atoms with E-state index in [1.54, 1.807) is 0 Å². The molecule has 0 bridgehead atoms. The zero-order valence-corrected chi connectivity index (χ0v) is 11.7. The summed E-state index contributed by atoms with van der Waals surface area (Å²) in [6.45, 7) is 0.444. The molecule has 1 saturated heterocycles. The van der Waals surface area contributed by atoms with E-state index in [9.17, 15) is 18.3 Å². The first-order valence-electron chi connectivity index (χ1n) is 6.82. The fraction of sp³-hybridized carbons (Fsp3) is 0.571. The number of aliphatic hydroxyl groups is 1. The van der Waals surface area contributed by atoms with Gasteiger partial charge in [-0.05, 0) is 18.3 Å². The largest absolute Gasteiger partial charge is 0.494 e. The van der Waals surface area contributed by atoms with E-state index in [0.29, 0.717) is 18.7 Å². The molecule has 1 aromatic heterocycles. The quantitative estimate of drug-likeness (QED) is 0.920. The summed E-state index contributed by atoms with van der Waals surface area (Å²) in [4.78, 5) is 5.44. The minimum atomic E-state index is -4.66. The van der Waals surface area contributed by atoms with Crippen LogP contribution in [0.3, 0.4) is 0 Å². The number of fused-ring (bicyclic) bond motifs is 1. The number of pyridine rings is 1. The van der Waals surface area contributed by atoms with Crippen LogP contribution in [0.1, 0.15) is 12.1 Å². The lowest BCUT2D eigenvalue weighted by atomic mass is 10.1. The van der Waals surface area contributed by atoms with Crippen molar-refractivity contribution in [1.29, 1.82) is 5.26 Å². The van der Waals surface area contributed by atoms with Crippen LogP contribution in [0.4, 0.5) is 18.9 Å². The molecule has 3 rings (SSSR count). The summed E-state index contributed by atoms with van der Waals surface area (Å²) < 4.78 is 43.7. The molecular formula is C14H14F3N3O2. The van der Waals surface area contributed by atoms with E-state index in [-0.39, 0.29) is 23.3 Å². The number of hydrogen-bond donors (Lipinski definition) is 1. The number of anilines is 1. The van der Waals surface area contributed by atoms with Gasteiger partial charge in [0, 0.05) is 12.6 Å². The van der Waals surface area contributed by atoms with Crippen molar-refractivity contribution in [1.82, 2.24) is 4.98 Å². The molecule has 0 amide bonds. The second-order valence-electron chi connectivity index (χ2n) is 5.65. The van der Waals surface area contributed by atoms with E-state index in [4.69, 9.17) is 10.00 Å². The number of hydrogen-bond acceptors (Lipinski definition) is 5. The maximum absolute atomic E-state index is 12.9. The van der Waals surface area contributed by atoms with E-state index in [2.05, 4.69) is 4.98 Å². The first-order chi connectivity index (χ1) is 10.4. The van der Waals surface area contributed by atoms with Crippen LogP contribution in [-0.2, 0) is 0 Å². The molecule has 22 heavy (non-hydrogen) atoms. The van der Waals surface area contributed by atoms with Gasteiger partial charge in [-0.3, -0.25) is 0 Å². The number of aromatic nitrogens is 1. The molecule has 1 N–H and O–H groups in total. The number of nitrogens with zero attached hydrogens (tertiary/aromatic N) is 3. The Balaban J connectivity index is 1.92. The lowest BCUT2D eigenvalue weighted by molar-refractivity contribution is -0.210. The number of ether oxygens (including phenoxy) is 1. The van der Waals surface area contributed by atoms with Gasteiger partial charge >= 0.3 is 6.18 Å². The third kappa shape index (κ3) is 2.35. The van der Waals surface area contributed by atoms with Crippen molar-refractivity contribution in [2.24, 2.45) is 11.8 Å². The molecule has 0 aromatic carbocycles. The summed E-state index contributed by atoms with van der Waals surface area (Å²) in [5, 5.41) is 18.6. The summed E-state index contributed by atoms with van der Waals surface area (Å²) >= 11 is 0.